The van der Waals surface area contributed by atoms with Crippen LogP contribution in [0.15, 0.2) is 0 Å². The van der Waals surface area contributed by atoms with E-state index in [1.807, 2.05) is 0 Å². The Hall–Kier alpha value is -0.0400. The number of hydrogen-bond donors (Lipinski definition) is 1. The van der Waals surface area contributed by atoms with Gasteiger partial charge in [-0.3, -0.25) is 0 Å². The van der Waals surface area contributed by atoms with Gasteiger partial charge >= 0.3 is 0 Å². The van der Waals surface area contributed by atoms with E-state index < -0.39 is 0 Å². The van der Waals surface area contributed by atoms with Crippen LogP contribution in [0.5, 0.6) is 0 Å². The van der Waals surface area contributed by atoms with Crippen molar-refractivity contribution < 1.29 is 0 Å². The van der Waals surface area contributed by atoms with Crippen LogP contribution in [0, 0.1) is 16.2 Å². The molecule has 2 unspecified atom stereocenters. The van der Waals surface area contributed by atoms with Crippen LogP contribution in [0.2, 0.25) is 0 Å². The van der Waals surface area contributed by atoms with Gasteiger partial charge in [-0.05, 0) is 41.9 Å². The third-order valence-electron chi connectivity index (χ3n) is 5.30. The maximum Gasteiger partial charge on any atom is 0.0159 e. The van der Waals surface area contributed by atoms with Gasteiger partial charge in [0.25, 0.3) is 0 Å². The Morgan fingerprint density at radius 3 is 2.00 bits per heavy atom. The van der Waals surface area contributed by atoms with Gasteiger partial charge in [-0.15, -0.1) is 0 Å². The Kier molecular flexibility index (Phi) is 2.06. The molecule has 2 saturated carbocycles. The number of hydrogen-bond acceptors (Lipinski definition) is 1. The fourth-order valence-corrected chi connectivity index (χ4v) is 3.64. The lowest BCUT2D eigenvalue weighted by atomic mass is 9.83. The molecule has 2 aliphatic rings. The zero-order valence-corrected chi connectivity index (χ0v) is 10.2. The van der Waals surface area contributed by atoms with E-state index >= 15 is 0 Å². The predicted octanol–water partition coefficient (Wildman–Crippen LogP) is 3.33. The van der Waals surface area contributed by atoms with Crippen molar-refractivity contribution in [3.8, 4) is 0 Å². The van der Waals surface area contributed by atoms with Gasteiger partial charge in [0.2, 0.25) is 0 Å². The molecule has 0 aromatic carbocycles. The van der Waals surface area contributed by atoms with Gasteiger partial charge in [-0.25, -0.2) is 0 Å². The van der Waals surface area contributed by atoms with Crippen LogP contribution in [0.1, 0.15) is 59.8 Å². The molecule has 0 heterocycles. The molecule has 82 valence electrons. The van der Waals surface area contributed by atoms with Crippen molar-refractivity contribution in [3.63, 3.8) is 0 Å². The van der Waals surface area contributed by atoms with Crippen molar-refractivity contribution in [2.24, 2.45) is 22.0 Å². The first-order chi connectivity index (χ1) is 6.32. The molecule has 2 aliphatic carbocycles. The van der Waals surface area contributed by atoms with Crippen molar-refractivity contribution in [3.05, 3.63) is 0 Å². The van der Waals surface area contributed by atoms with E-state index in [0.29, 0.717) is 22.3 Å². The molecule has 0 amide bonds. The van der Waals surface area contributed by atoms with Gasteiger partial charge in [0.15, 0.2) is 0 Å². The molecular formula is C13H25N. The average molecular weight is 195 g/mol. The van der Waals surface area contributed by atoms with Crippen LogP contribution in [-0.2, 0) is 0 Å². The molecule has 0 aromatic rings. The van der Waals surface area contributed by atoms with Crippen LogP contribution in [0.4, 0.5) is 0 Å². The third kappa shape index (κ3) is 1.25. The molecule has 0 bridgehead atoms. The van der Waals surface area contributed by atoms with Crippen LogP contribution >= 0.6 is 0 Å². The lowest BCUT2D eigenvalue weighted by Crippen LogP contribution is -2.14. The second kappa shape index (κ2) is 2.75. The minimum atomic E-state index is 0.410. The minimum absolute atomic E-state index is 0.410. The predicted molar refractivity (Wildman–Crippen MR) is 61.1 cm³/mol. The fourth-order valence-electron chi connectivity index (χ4n) is 3.64. The molecule has 0 aromatic heterocycles. The Morgan fingerprint density at radius 1 is 0.929 bits per heavy atom. The summed E-state index contributed by atoms with van der Waals surface area (Å²) in [4.78, 5) is 0. The number of rotatable bonds is 0. The Morgan fingerprint density at radius 2 is 1.50 bits per heavy atom. The molecular weight excluding hydrogens is 170 g/mol. The van der Waals surface area contributed by atoms with Gasteiger partial charge in [0.05, 0.1) is 0 Å². The van der Waals surface area contributed by atoms with Gasteiger partial charge in [-0.1, -0.05) is 34.1 Å². The van der Waals surface area contributed by atoms with E-state index in [9.17, 15) is 0 Å². The molecule has 2 rings (SSSR count). The summed E-state index contributed by atoms with van der Waals surface area (Å²) in [6.07, 6.45) is 6.85. The van der Waals surface area contributed by atoms with Crippen molar-refractivity contribution in [2.45, 2.75) is 65.8 Å². The molecule has 2 atom stereocenters. The molecule has 1 nitrogen and oxygen atoms in total. The molecule has 0 radical (unpaired) electrons. The van der Waals surface area contributed by atoms with Crippen LogP contribution in [0.25, 0.3) is 0 Å². The molecule has 1 heteroatoms. The van der Waals surface area contributed by atoms with E-state index in [0.717, 1.165) is 0 Å². The summed E-state index contributed by atoms with van der Waals surface area (Å²) in [5.41, 5.74) is 7.74. The highest BCUT2D eigenvalue weighted by Gasteiger charge is 2.68. The first-order valence-electron chi connectivity index (χ1n) is 6.07. The highest BCUT2D eigenvalue weighted by atomic mass is 14.9. The summed E-state index contributed by atoms with van der Waals surface area (Å²) in [5.74, 6) is 0. The molecule has 14 heavy (non-hydrogen) atoms. The zero-order valence-electron chi connectivity index (χ0n) is 10.2. The van der Waals surface area contributed by atoms with Crippen molar-refractivity contribution >= 4 is 0 Å². The SMILES string of the molecule is CC1(C)CCCC2(CC1)C(N)C2(C)C. The lowest BCUT2D eigenvalue weighted by molar-refractivity contribution is 0.287. The van der Waals surface area contributed by atoms with Crippen molar-refractivity contribution in [1.82, 2.24) is 0 Å². The summed E-state index contributed by atoms with van der Waals surface area (Å²) in [6, 6.07) is 0.462. The maximum absolute atomic E-state index is 6.27. The maximum atomic E-state index is 6.27. The molecule has 1 spiro atoms. The van der Waals surface area contributed by atoms with E-state index in [1.165, 1.54) is 32.1 Å². The van der Waals surface area contributed by atoms with E-state index in [1.54, 1.807) is 0 Å². The summed E-state index contributed by atoms with van der Waals surface area (Å²) in [6.45, 7) is 9.53. The van der Waals surface area contributed by atoms with Crippen LogP contribution in [0.3, 0.4) is 0 Å². The lowest BCUT2D eigenvalue weighted by Gasteiger charge is -2.22. The quantitative estimate of drug-likeness (QED) is 0.630. The highest BCUT2D eigenvalue weighted by Crippen LogP contribution is 2.69. The Balaban J connectivity index is 2.12. The second-order valence-corrected chi connectivity index (χ2v) is 6.87. The van der Waals surface area contributed by atoms with E-state index in [2.05, 4.69) is 27.7 Å². The van der Waals surface area contributed by atoms with Gasteiger partial charge in [-0.2, -0.15) is 0 Å². The van der Waals surface area contributed by atoms with E-state index in [-0.39, 0.29) is 0 Å². The van der Waals surface area contributed by atoms with Crippen LogP contribution < -0.4 is 5.73 Å². The van der Waals surface area contributed by atoms with E-state index in [4.69, 9.17) is 5.73 Å². The highest BCUT2D eigenvalue weighted by molar-refractivity contribution is 5.21. The van der Waals surface area contributed by atoms with Crippen molar-refractivity contribution in [2.75, 3.05) is 0 Å². The van der Waals surface area contributed by atoms with Gasteiger partial charge in [0, 0.05) is 6.04 Å². The first kappa shape index (κ1) is 10.5. The summed E-state index contributed by atoms with van der Waals surface area (Å²) >= 11 is 0. The zero-order chi connectivity index (χ0) is 10.6. The minimum Gasteiger partial charge on any atom is -0.327 e. The molecule has 0 aliphatic heterocycles. The second-order valence-electron chi connectivity index (χ2n) is 6.87. The smallest absolute Gasteiger partial charge is 0.0159 e. The largest absolute Gasteiger partial charge is 0.327 e. The van der Waals surface area contributed by atoms with Gasteiger partial charge < -0.3 is 5.73 Å². The fraction of sp³-hybridized carbons (Fsp3) is 1.00. The third-order valence-corrected chi connectivity index (χ3v) is 5.30. The first-order valence-corrected chi connectivity index (χ1v) is 6.07. The summed E-state index contributed by atoms with van der Waals surface area (Å²) in [7, 11) is 0. The molecule has 2 N–H and O–H groups in total. The monoisotopic (exact) mass is 195 g/mol. The summed E-state index contributed by atoms with van der Waals surface area (Å²) < 4.78 is 0. The topological polar surface area (TPSA) is 26.0 Å². The van der Waals surface area contributed by atoms with Gasteiger partial charge in [0.1, 0.15) is 0 Å². The average Bonchev–Trinajstić information content (AvgIpc) is 2.55. The molecule has 2 fully saturated rings. The Bertz CT molecular complexity index is 242. The molecule has 0 saturated heterocycles. The Labute approximate surface area is 88.4 Å². The standard InChI is InChI=1S/C13H25N/c1-11(2)6-5-7-13(9-8-11)10(14)12(13,3)4/h10H,5-9,14H2,1-4H3. The normalized spacial score (nSPS) is 44.8. The van der Waals surface area contributed by atoms with Crippen LogP contribution in [-0.4, -0.2) is 6.04 Å². The van der Waals surface area contributed by atoms with Crippen molar-refractivity contribution in [1.29, 1.82) is 0 Å². The number of nitrogens with two attached hydrogens (primary N) is 1. The summed E-state index contributed by atoms with van der Waals surface area (Å²) in [5, 5.41) is 0.